The normalized spacial score (nSPS) is 19.2. The van der Waals surface area contributed by atoms with Crippen molar-refractivity contribution in [3.63, 3.8) is 0 Å². The van der Waals surface area contributed by atoms with E-state index in [1.54, 1.807) is 16.7 Å². The lowest BCUT2D eigenvalue weighted by molar-refractivity contribution is -0.135. The standard InChI is InChI=1S/C25H25N3O2S/c1-31-20-8-6-19(7-9-20)28-16-18(14-24(28)29)25(30)27-12-10-17(11-13-27)22-15-26-23-5-3-2-4-21(22)23/h2-10,15,18,26H,11-14,16H2,1H3. The van der Waals surface area contributed by atoms with E-state index in [0.717, 1.165) is 22.5 Å². The molecule has 0 aliphatic carbocycles. The summed E-state index contributed by atoms with van der Waals surface area (Å²) in [6.07, 6.45) is 7.37. The summed E-state index contributed by atoms with van der Waals surface area (Å²) in [5.41, 5.74) is 4.50. The van der Waals surface area contributed by atoms with E-state index in [-0.39, 0.29) is 17.7 Å². The van der Waals surface area contributed by atoms with Crippen LogP contribution in [0, 0.1) is 5.92 Å². The molecule has 0 bridgehead atoms. The molecule has 1 saturated heterocycles. The second-order valence-corrected chi connectivity index (χ2v) is 8.99. The maximum absolute atomic E-state index is 13.1. The van der Waals surface area contributed by atoms with E-state index < -0.39 is 0 Å². The molecule has 3 aromatic rings. The Kier molecular flexibility index (Phi) is 5.32. The molecule has 0 saturated carbocycles. The van der Waals surface area contributed by atoms with E-state index in [0.29, 0.717) is 26.1 Å². The van der Waals surface area contributed by atoms with Crippen LogP contribution in [-0.4, -0.2) is 47.6 Å². The molecule has 0 spiro atoms. The fraction of sp³-hybridized carbons (Fsp3) is 0.280. The second-order valence-electron chi connectivity index (χ2n) is 8.11. The maximum atomic E-state index is 13.1. The molecule has 5 nitrogen and oxygen atoms in total. The highest BCUT2D eigenvalue weighted by Gasteiger charge is 2.37. The molecule has 1 fully saturated rings. The first-order valence-corrected chi connectivity index (χ1v) is 11.9. The number of carbonyl (C=O) groups excluding carboxylic acids is 2. The van der Waals surface area contributed by atoms with Crippen LogP contribution < -0.4 is 4.90 Å². The van der Waals surface area contributed by atoms with Crippen molar-refractivity contribution in [1.82, 2.24) is 9.88 Å². The van der Waals surface area contributed by atoms with Crippen molar-refractivity contribution in [3.05, 3.63) is 66.4 Å². The molecule has 2 aliphatic rings. The smallest absolute Gasteiger partial charge is 0.228 e. The van der Waals surface area contributed by atoms with Gasteiger partial charge in [-0.2, -0.15) is 0 Å². The third-order valence-electron chi connectivity index (χ3n) is 6.31. The Labute approximate surface area is 186 Å². The monoisotopic (exact) mass is 431 g/mol. The minimum Gasteiger partial charge on any atom is -0.361 e. The van der Waals surface area contributed by atoms with Gasteiger partial charge in [0.1, 0.15) is 0 Å². The number of carbonyl (C=O) groups is 2. The lowest BCUT2D eigenvalue weighted by atomic mass is 9.98. The predicted molar refractivity (Wildman–Crippen MR) is 126 cm³/mol. The Morgan fingerprint density at radius 1 is 1.13 bits per heavy atom. The van der Waals surface area contributed by atoms with E-state index in [4.69, 9.17) is 0 Å². The molecule has 2 aromatic carbocycles. The SMILES string of the molecule is CSc1ccc(N2CC(C(=O)N3CC=C(c4c[nH]c5ccccc45)CC3)CC2=O)cc1. The molecule has 0 radical (unpaired) electrons. The number of nitrogens with zero attached hydrogens (tertiary/aromatic N) is 2. The summed E-state index contributed by atoms with van der Waals surface area (Å²) in [4.78, 5) is 33.9. The van der Waals surface area contributed by atoms with Crippen LogP contribution in [0.1, 0.15) is 18.4 Å². The number of aromatic nitrogens is 1. The Hall–Kier alpha value is -2.99. The zero-order valence-electron chi connectivity index (χ0n) is 17.5. The van der Waals surface area contributed by atoms with E-state index in [9.17, 15) is 9.59 Å². The fourth-order valence-electron chi connectivity index (χ4n) is 4.59. The van der Waals surface area contributed by atoms with Crippen LogP contribution in [0.2, 0.25) is 0 Å². The zero-order valence-corrected chi connectivity index (χ0v) is 18.3. The van der Waals surface area contributed by atoms with Gasteiger partial charge in [-0.3, -0.25) is 9.59 Å². The van der Waals surface area contributed by atoms with Gasteiger partial charge in [-0.05, 0) is 48.6 Å². The zero-order chi connectivity index (χ0) is 21.4. The molecule has 1 atom stereocenters. The molecular weight excluding hydrogens is 406 g/mol. The molecule has 1 aromatic heterocycles. The highest BCUT2D eigenvalue weighted by Crippen LogP contribution is 2.31. The number of aromatic amines is 1. The Morgan fingerprint density at radius 3 is 2.68 bits per heavy atom. The van der Waals surface area contributed by atoms with Gasteiger partial charge >= 0.3 is 0 Å². The molecular formula is C25H25N3O2S. The molecule has 5 rings (SSSR count). The second kappa shape index (κ2) is 8.27. The van der Waals surface area contributed by atoms with E-state index in [1.807, 2.05) is 41.5 Å². The highest BCUT2D eigenvalue weighted by atomic mass is 32.2. The first-order valence-electron chi connectivity index (χ1n) is 10.6. The number of anilines is 1. The number of hydrogen-bond acceptors (Lipinski definition) is 3. The van der Waals surface area contributed by atoms with Gasteiger partial charge in [0.2, 0.25) is 11.8 Å². The Morgan fingerprint density at radius 2 is 1.94 bits per heavy atom. The summed E-state index contributed by atoms with van der Waals surface area (Å²) in [7, 11) is 0. The van der Waals surface area contributed by atoms with Crippen LogP contribution in [0.3, 0.4) is 0 Å². The molecule has 3 heterocycles. The topological polar surface area (TPSA) is 56.4 Å². The summed E-state index contributed by atoms with van der Waals surface area (Å²) in [5, 5.41) is 1.22. The maximum Gasteiger partial charge on any atom is 0.228 e. The van der Waals surface area contributed by atoms with Crippen molar-refractivity contribution < 1.29 is 9.59 Å². The number of fused-ring (bicyclic) bond motifs is 1. The van der Waals surface area contributed by atoms with Crippen LogP contribution in [0.5, 0.6) is 0 Å². The summed E-state index contributed by atoms with van der Waals surface area (Å²) in [5.74, 6) is -0.149. The molecule has 1 N–H and O–H groups in total. The van der Waals surface area contributed by atoms with Crippen LogP contribution in [0.15, 0.2) is 65.7 Å². The van der Waals surface area contributed by atoms with Crippen molar-refractivity contribution in [3.8, 4) is 0 Å². The first kappa shape index (κ1) is 19.9. The average Bonchev–Trinajstić information content (AvgIpc) is 3.42. The van der Waals surface area contributed by atoms with Crippen LogP contribution in [0.4, 0.5) is 5.69 Å². The van der Waals surface area contributed by atoms with Crippen LogP contribution in [-0.2, 0) is 9.59 Å². The number of amides is 2. The number of H-pyrrole nitrogens is 1. The number of benzene rings is 2. The number of rotatable bonds is 4. The molecule has 158 valence electrons. The number of thioether (sulfide) groups is 1. The summed E-state index contributed by atoms with van der Waals surface area (Å²) >= 11 is 1.67. The van der Waals surface area contributed by atoms with Gasteiger partial charge in [-0.15, -0.1) is 11.8 Å². The summed E-state index contributed by atoms with van der Waals surface area (Å²) in [6.45, 7) is 1.75. The third-order valence-corrected chi connectivity index (χ3v) is 7.06. The van der Waals surface area contributed by atoms with Gasteiger partial charge in [0, 0.05) is 59.3 Å². The minimum atomic E-state index is -0.268. The predicted octanol–water partition coefficient (Wildman–Crippen LogP) is 4.56. The van der Waals surface area contributed by atoms with Crippen LogP contribution >= 0.6 is 11.8 Å². The molecule has 31 heavy (non-hydrogen) atoms. The van der Waals surface area contributed by atoms with Gasteiger partial charge in [-0.25, -0.2) is 0 Å². The summed E-state index contributed by atoms with van der Waals surface area (Å²) < 4.78 is 0. The molecule has 2 aliphatic heterocycles. The van der Waals surface area contributed by atoms with Crippen LogP contribution in [0.25, 0.3) is 16.5 Å². The van der Waals surface area contributed by atoms with E-state index in [1.165, 1.54) is 16.5 Å². The van der Waals surface area contributed by atoms with Gasteiger partial charge in [0.15, 0.2) is 0 Å². The minimum absolute atomic E-state index is 0.0299. The van der Waals surface area contributed by atoms with Crippen molar-refractivity contribution in [2.75, 3.05) is 30.8 Å². The molecule has 6 heteroatoms. The molecule has 1 unspecified atom stereocenters. The highest BCUT2D eigenvalue weighted by molar-refractivity contribution is 7.98. The lowest BCUT2D eigenvalue weighted by Crippen LogP contribution is -2.39. The Balaban J connectivity index is 1.26. The number of hydrogen-bond donors (Lipinski definition) is 1. The third kappa shape index (κ3) is 3.76. The van der Waals surface area contributed by atoms with Crippen molar-refractivity contribution in [2.45, 2.75) is 17.7 Å². The van der Waals surface area contributed by atoms with E-state index in [2.05, 4.69) is 35.5 Å². The number of nitrogens with one attached hydrogen (secondary N) is 1. The Bertz CT molecular complexity index is 1160. The van der Waals surface area contributed by atoms with Gasteiger partial charge < -0.3 is 14.8 Å². The molecule has 2 amide bonds. The summed E-state index contributed by atoms with van der Waals surface area (Å²) in [6, 6.07) is 16.3. The van der Waals surface area contributed by atoms with Gasteiger partial charge in [0.05, 0.1) is 5.92 Å². The first-order chi connectivity index (χ1) is 15.1. The van der Waals surface area contributed by atoms with Gasteiger partial charge in [-0.1, -0.05) is 24.3 Å². The van der Waals surface area contributed by atoms with Crippen molar-refractivity contribution >= 4 is 45.7 Å². The average molecular weight is 432 g/mol. The lowest BCUT2D eigenvalue weighted by Gasteiger charge is -2.28. The fourth-order valence-corrected chi connectivity index (χ4v) is 5.00. The quantitative estimate of drug-likeness (QED) is 0.616. The van der Waals surface area contributed by atoms with Gasteiger partial charge in [0.25, 0.3) is 0 Å². The van der Waals surface area contributed by atoms with E-state index >= 15 is 0 Å². The number of para-hydroxylation sites is 1. The van der Waals surface area contributed by atoms with Crippen molar-refractivity contribution in [1.29, 1.82) is 0 Å². The largest absolute Gasteiger partial charge is 0.361 e. The van der Waals surface area contributed by atoms with Crippen molar-refractivity contribution in [2.24, 2.45) is 5.92 Å².